The number of halogens is 5. The zero-order valence-corrected chi connectivity index (χ0v) is 18.9. The number of nitrogens with zero attached hydrogens (tertiary/aromatic N) is 3. The van der Waals surface area contributed by atoms with Gasteiger partial charge in [-0.3, -0.25) is 4.79 Å². The summed E-state index contributed by atoms with van der Waals surface area (Å²) in [5.74, 6) is 0.979. The first-order chi connectivity index (χ1) is 15.8. The third-order valence-electron chi connectivity index (χ3n) is 6.86. The van der Waals surface area contributed by atoms with Gasteiger partial charge in [-0.05, 0) is 61.4 Å². The molecule has 1 saturated carbocycles. The van der Waals surface area contributed by atoms with E-state index >= 15 is 0 Å². The molecular formula is C22H24F5N5OS. The van der Waals surface area contributed by atoms with Gasteiger partial charge in [0.2, 0.25) is 0 Å². The molecule has 5 rings (SSSR count). The maximum atomic E-state index is 13.0. The number of aromatic nitrogens is 3. The van der Waals surface area contributed by atoms with Crippen LogP contribution < -0.4 is 5.73 Å². The summed E-state index contributed by atoms with van der Waals surface area (Å²) in [5.41, 5.74) is 7.42. The number of nitrogens with one attached hydrogen (secondary N) is 1. The van der Waals surface area contributed by atoms with Crippen molar-refractivity contribution in [3.8, 4) is 0 Å². The maximum absolute atomic E-state index is 13.0. The lowest BCUT2D eigenvalue weighted by Gasteiger charge is -2.40. The Balaban J connectivity index is 1.31. The smallest absolute Gasteiger partial charge is 0.310 e. The molecule has 2 aliphatic rings. The Kier molecular flexibility index (Phi) is 4.75. The lowest BCUT2D eigenvalue weighted by atomic mass is 9.85. The number of fused-ring (bicyclic) bond motifs is 1. The Labute approximate surface area is 192 Å². The number of carbonyl (C=O) groups excluding carboxylic acids is 1. The highest BCUT2D eigenvalue weighted by molar-refractivity contribution is 8.45. The van der Waals surface area contributed by atoms with Crippen LogP contribution in [0.5, 0.6) is 0 Å². The number of piperidine rings is 1. The average molecular weight is 502 g/mol. The Hall–Kier alpha value is -2.89. The topological polar surface area (TPSA) is 87.9 Å². The molecule has 1 aliphatic carbocycles. The first kappa shape index (κ1) is 22.9. The lowest BCUT2D eigenvalue weighted by molar-refractivity contribution is 0.0714. The first-order valence-corrected chi connectivity index (χ1v) is 13.0. The summed E-state index contributed by atoms with van der Waals surface area (Å²) in [6, 6.07) is 3.05. The van der Waals surface area contributed by atoms with Crippen molar-refractivity contribution in [3.05, 3.63) is 47.4 Å². The number of amides is 1. The minimum absolute atomic E-state index is 0.146. The fraction of sp³-hybridized carbons (Fsp3) is 0.409. The molecule has 1 saturated heterocycles. The number of pyridine rings is 1. The molecule has 1 aromatic carbocycles. The van der Waals surface area contributed by atoms with E-state index in [0.717, 1.165) is 35.8 Å². The van der Waals surface area contributed by atoms with E-state index in [9.17, 15) is 24.2 Å². The molecule has 3 aromatic rings. The number of likely N-dealkylation sites (tertiary alicyclic amines) is 1. The molecule has 3 N–H and O–H groups in total. The molecule has 0 radical (unpaired) electrons. The predicted molar refractivity (Wildman–Crippen MR) is 121 cm³/mol. The molecule has 12 heteroatoms. The summed E-state index contributed by atoms with van der Waals surface area (Å²) >= 11 is 0. The van der Waals surface area contributed by atoms with Crippen LogP contribution in [-0.4, -0.2) is 38.8 Å². The maximum Gasteiger partial charge on any atom is 0.310 e. The van der Waals surface area contributed by atoms with Crippen molar-refractivity contribution in [2.75, 3.05) is 18.8 Å². The number of carbonyl (C=O) groups is 1. The zero-order valence-electron chi connectivity index (χ0n) is 18.1. The number of aromatic amines is 1. The van der Waals surface area contributed by atoms with Crippen molar-refractivity contribution in [1.82, 2.24) is 19.9 Å². The molecular weight excluding hydrogens is 477 g/mol. The van der Waals surface area contributed by atoms with E-state index in [1.54, 1.807) is 6.20 Å². The van der Waals surface area contributed by atoms with Gasteiger partial charge in [-0.15, -0.1) is 0 Å². The van der Waals surface area contributed by atoms with Crippen LogP contribution in [0.15, 0.2) is 35.4 Å². The third kappa shape index (κ3) is 4.19. The highest BCUT2D eigenvalue weighted by atomic mass is 32.5. The fourth-order valence-corrected chi connectivity index (χ4v) is 5.38. The van der Waals surface area contributed by atoms with Crippen LogP contribution in [-0.2, 0) is 0 Å². The Bertz CT molecular complexity index is 1280. The standard InChI is InChI=1S/C22H24F5N5OS/c23-34(24,25,26,27)15-4-5-17(18(28)12-15)22(33)32-10-7-13(8-11-32)16-6-9-29-21-19(16)30-20(31-21)14-2-1-3-14/h4-6,9,12-14H,1-3,7-8,10-11,28H2,(H,29,30,31). The molecule has 34 heavy (non-hydrogen) atoms. The molecule has 3 heterocycles. The van der Waals surface area contributed by atoms with Gasteiger partial charge in [-0.2, -0.15) is 0 Å². The number of H-pyrrole nitrogens is 1. The first-order valence-electron chi connectivity index (χ1n) is 11.1. The quantitative estimate of drug-likeness (QED) is 0.316. The van der Waals surface area contributed by atoms with Gasteiger partial charge in [-0.1, -0.05) is 25.8 Å². The van der Waals surface area contributed by atoms with Crippen molar-refractivity contribution < 1.29 is 24.2 Å². The van der Waals surface area contributed by atoms with Gasteiger partial charge in [0, 0.05) is 30.9 Å². The predicted octanol–water partition coefficient (Wildman–Crippen LogP) is 6.48. The highest BCUT2D eigenvalue weighted by Gasteiger charge is 2.65. The number of nitrogens with two attached hydrogens (primary N) is 1. The van der Waals surface area contributed by atoms with E-state index in [-0.39, 0.29) is 23.6 Å². The van der Waals surface area contributed by atoms with Gasteiger partial charge in [0.25, 0.3) is 5.91 Å². The molecule has 0 bridgehead atoms. The molecule has 2 fully saturated rings. The Morgan fingerprint density at radius 3 is 2.32 bits per heavy atom. The minimum Gasteiger partial charge on any atom is -0.398 e. The van der Waals surface area contributed by atoms with Gasteiger partial charge in [0.15, 0.2) is 5.65 Å². The fourth-order valence-electron chi connectivity index (χ4n) is 4.70. The van der Waals surface area contributed by atoms with Crippen molar-refractivity contribution >= 4 is 33.0 Å². The van der Waals surface area contributed by atoms with Gasteiger partial charge >= 0.3 is 10.2 Å². The molecule has 2 aromatic heterocycles. The third-order valence-corrected chi connectivity index (χ3v) is 8.00. The van der Waals surface area contributed by atoms with Gasteiger partial charge in [0.1, 0.15) is 10.7 Å². The number of hydrogen-bond acceptors (Lipinski definition) is 4. The van der Waals surface area contributed by atoms with Crippen molar-refractivity contribution in [2.24, 2.45) is 0 Å². The average Bonchev–Trinajstić information content (AvgIpc) is 3.14. The normalized spacial score (nSPS) is 20.1. The molecule has 0 unspecified atom stereocenters. The van der Waals surface area contributed by atoms with Crippen LogP contribution in [0.4, 0.5) is 25.1 Å². The number of imidazole rings is 1. The van der Waals surface area contributed by atoms with Crippen molar-refractivity contribution in [1.29, 1.82) is 0 Å². The largest absolute Gasteiger partial charge is 0.398 e. The van der Waals surface area contributed by atoms with Gasteiger partial charge in [-0.25, -0.2) is 9.97 Å². The number of benzene rings is 1. The van der Waals surface area contributed by atoms with Crippen LogP contribution >= 0.6 is 10.2 Å². The van der Waals surface area contributed by atoms with Crippen LogP contribution in [0.2, 0.25) is 0 Å². The molecule has 1 amide bonds. The SMILES string of the molecule is Nc1cc(S(F)(F)(F)(F)F)ccc1C(=O)N1CCC(c2ccnc3nc(C4CCC4)[nH]c23)CC1. The van der Waals surface area contributed by atoms with Gasteiger partial charge in [0.05, 0.1) is 11.1 Å². The molecule has 1 aliphatic heterocycles. The summed E-state index contributed by atoms with van der Waals surface area (Å²) in [4.78, 5) is 24.7. The van der Waals surface area contributed by atoms with E-state index in [1.807, 2.05) is 6.07 Å². The molecule has 6 nitrogen and oxygen atoms in total. The minimum atomic E-state index is -9.87. The van der Waals surface area contributed by atoms with E-state index in [2.05, 4.69) is 15.0 Å². The summed E-state index contributed by atoms with van der Waals surface area (Å²) in [6.45, 7) is 0.722. The Morgan fingerprint density at radius 1 is 1.03 bits per heavy atom. The van der Waals surface area contributed by atoms with Crippen molar-refractivity contribution in [2.45, 2.75) is 48.8 Å². The van der Waals surface area contributed by atoms with Gasteiger partial charge < -0.3 is 15.6 Å². The second-order valence-electron chi connectivity index (χ2n) is 9.13. The second-order valence-corrected chi connectivity index (χ2v) is 11.5. The summed E-state index contributed by atoms with van der Waals surface area (Å²) < 4.78 is 65.2. The van der Waals surface area contributed by atoms with Crippen LogP contribution in [0.1, 0.15) is 65.7 Å². The number of hydrogen-bond donors (Lipinski definition) is 2. The van der Waals surface area contributed by atoms with Crippen LogP contribution in [0.25, 0.3) is 11.2 Å². The molecule has 184 valence electrons. The lowest BCUT2D eigenvalue weighted by Crippen LogP contribution is -2.38. The van der Waals surface area contributed by atoms with E-state index < -0.39 is 26.7 Å². The molecule has 0 atom stereocenters. The summed E-state index contributed by atoms with van der Waals surface area (Å²) in [5, 5.41) is 0. The number of rotatable bonds is 4. The van der Waals surface area contributed by atoms with E-state index in [1.165, 1.54) is 11.3 Å². The van der Waals surface area contributed by atoms with E-state index in [0.29, 0.717) is 37.5 Å². The monoisotopic (exact) mass is 501 g/mol. The molecule has 0 spiro atoms. The second kappa shape index (κ2) is 7.06. The Morgan fingerprint density at radius 2 is 1.74 bits per heavy atom. The highest BCUT2D eigenvalue weighted by Crippen LogP contribution is 3.02. The van der Waals surface area contributed by atoms with Crippen molar-refractivity contribution in [3.63, 3.8) is 0 Å². The van der Waals surface area contributed by atoms with Crippen LogP contribution in [0, 0.1) is 0 Å². The van der Waals surface area contributed by atoms with E-state index in [4.69, 9.17) is 5.73 Å². The number of anilines is 1. The van der Waals surface area contributed by atoms with Crippen LogP contribution in [0.3, 0.4) is 0 Å². The number of nitrogen functional groups attached to an aromatic ring is 1. The summed E-state index contributed by atoms with van der Waals surface area (Å²) in [6.07, 6.45) is 6.41. The zero-order chi connectivity index (χ0) is 24.4. The summed E-state index contributed by atoms with van der Waals surface area (Å²) in [7, 11) is -9.87.